The fourth-order valence-corrected chi connectivity index (χ4v) is 4.04. The quantitative estimate of drug-likeness (QED) is 0.774. The van der Waals surface area contributed by atoms with E-state index in [1.54, 1.807) is 12.1 Å². The van der Waals surface area contributed by atoms with Crippen LogP contribution in [0.15, 0.2) is 29.2 Å². The third-order valence-corrected chi connectivity index (χ3v) is 6.06. The van der Waals surface area contributed by atoms with Crippen LogP contribution < -0.4 is 0 Å². The summed E-state index contributed by atoms with van der Waals surface area (Å²) in [6, 6.07) is 6.08. The first-order valence-corrected chi connectivity index (χ1v) is 8.14. The number of benzene rings is 1. The molecule has 0 N–H and O–H groups in total. The Balaban J connectivity index is 3.05. The van der Waals surface area contributed by atoms with Crippen LogP contribution in [0.5, 0.6) is 0 Å². The normalized spacial score (nSPS) is 15.5. The van der Waals surface area contributed by atoms with E-state index in [9.17, 15) is 13.0 Å². The van der Waals surface area contributed by atoms with Crippen molar-refractivity contribution in [1.82, 2.24) is 0 Å². The van der Waals surface area contributed by atoms with Crippen LogP contribution in [0.4, 0.5) is 0 Å². The van der Waals surface area contributed by atoms with Crippen molar-refractivity contribution in [3.8, 4) is 0 Å². The van der Waals surface area contributed by atoms with Gasteiger partial charge >= 0.3 is 17.7 Å². The lowest BCUT2D eigenvalue weighted by molar-refractivity contribution is 0.324. The fraction of sp³-hybridized carbons (Fsp3) is 0.400. The number of hydrogen-bond acceptors (Lipinski definition) is 5. The van der Waals surface area contributed by atoms with Gasteiger partial charge in [-0.3, -0.25) is 4.57 Å². The molecule has 0 fully saturated rings. The van der Waals surface area contributed by atoms with Gasteiger partial charge in [-0.05, 0) is 19.1 Å². The minimum atomic E-state index is -4.05. The van der Waals surface area contributed by atoms with Crippen molar-refractivity contribution in [3.63, 3.8) is 0 Å². The predicted octanol–water partition coefficient (Wildman–Crippen LogP) is 2.56. The molecule has 0 saturated carbocycles. The first kappa shape index (κ1) is 14.4. The van der Waals surface area contributed by atoms with Gasteiger partial charge in [-0.15, -0.1) is 0 Å². The van der Waals surface area contributed by atoms with E-state index in [0.29, 0.717) is 0 Å². The molecule has 0 radical (unpaired) electrons. The summed E-state index contributed by atoms with van der Waals surface area (Å²) in [4.78, 5) is -0.0335. The van der Waals surface area contributed by atoms with E-state index in [1.165, 1.54) is 19.1 Å². The Hall–Kier alpha value is -0.680. The maximum atomic E-state index is 11.8. The highest BCUT2D eigenvalue weighted by atomic mass is 32.2. The molecule has 0 spiro atoms. The average Bonchev–Trinajstić information content (AvgIpc) is 2.29. The summed E-state index contributed by atoms with van der Waals surface area (Å²) >= 11 is 0. The topological polar surface area (TPSA) is 69.7 Å². The van der Waals surface area contributed by atoms with Crippen molar-refractivity contribution in [1.29, 1.82) is 0 Å². The van der Waals surface area contributed by atoms with Gasteiger partial charge in [0.1, 0.15) is 0 Å². The Morgan fingerprint density at radius 3 is 2.18 bits per heavy atom. The van der Waals surface area contributed by atoms with Crippen molar-refractivity contribution in [3.05, 3.63) is 29.8 Å². The summed E-state index contributed by atoms with van der Waals surface area (Å²) in [5.74, 6) is 0. The molecule has 17 heavy (non-hydrogen) atoms. The molecule has 1 aromatic rings. The summed E-state index contributed by atoms with van der Waals surface area (Å²) in [7, 11) is -6.45. The molecule has 0 aromatic heterocycles. The summed E-state index contributed by atoms with van der Waals surface area (Å²) in [5, 5.41) is 0. The first-order valence-electron chi connectivity index (χ1n) is 5.00. The second-order valence-corrected chi connectivity index (χ2v) is 7.65. The summed E-state index contributed by atoms with van der Waals surface area (Å²) in [6.07, 6.45) is -0.00537. The molecule has 96 valence electrons. The molecule has 5 nitrogen and oxygen atoms in total. The molecule has 0 aliphatic rings. The minimum Gasteiger partial charge on any atom is -0.311 e. The van der Waals surface area contributed by atoms with Gasteiger partial charge in [-0.2, -0.15) is 12.4 Å². The van der Waals surface area contributed by atoms with E-state index in [-0.39, 0.29) is 11.1 Å². The van der Waals surface area contributed by atoms with E-state index >= 15 is 0 Å². The van der Waals surface area contributed by atoms with Crippen molar-refractivity contribution < 1.29 is 21.5 Å². The van der Waals surface area contributed by atoms with Crippen molar-refractivity contribution in [2.75, 3.05) is 13.3 Å². The van der Waals surface area contributed by atoms with Crippen LogP contribution in [-0.2, 0) is 23.2 Å². The van der Waals surface area contributed by atoms with Crippen LogP contribution >= 0.6 is 7.60 Å². The van der Waals surface area contributed by atoms with Gasteiger partial charge < -0.3 is 4.52 Å². The molecule has 1 atom stereocenters. The monoisotopic (exact) mass is 278 g/mol. The third-order valence-electron chi connectivity index (χ3n) is 2.19. The molecule has 0 amide bonds. The van der Waals surface area contributed by atoms with Gasteiger partial charge in [0.25, 0.3) is 0 Å². The maximum absolute atomic E-state index is 11.8. The Morgan fingerprint density at radius 2 is 1.76 bits per heavy atom. The van der Waals surface area contributed by atoms with E-state index in [2.05, 4.69) is 8.49 Å². The summed E-state index contributed by atoms with van der Waals surface area (Å²) < 4.78 is 44.7. The van der Waals surface area contributed by atoms with Gasteiger partial charge in [0.2, 0.25) is 0 Å². The van der Waals surface area contributed by atoms with Crippen molar-refractivity contribution in [2.24, 2.45) is 0 Å². The van der Waals surface area contributed by atoms with E-state index in [0.717, 1.165) is 12.7 Å². The lowest BCUT2D eigenvalue weighted by atomic mass is 10.2. The van der Waals surface area contributed by atoms with Crippen molar-refractivity contribution >= 4 is 17.7 Å². The average molecular weight is 278 g/mol. The highest BCUT2D eigenvalue weighted by molar-refractivity contribution is 7.91. The zero-order valence-corrected chi connectivity index (χ0v) is 11.6. The Kier molecular flexibility index (Phi) is 4.49. The molecule has 1 unspecified atom stereocenters. The SMILES string of the molecule is CCP(=O)(OC)OS(=O)(=O)c1ccc(C)cc1. The third kappa shape index (κ3) is 3.64. The van der Waals surface area contributed by atoms with Crippen LogP contribution in [0.1, 0.15) is 12.5 Å². The molecule has 0 heterocycles. The van der Waals surface area contributed by atoms with Crippen molar-refractivity contribution in [2.45, 2.75) is 18.7 Å². The van der Waals surface area contributed by atoms with Gasteiger partial charge in [0.05, 0.1) is 4.90 Å². The molecule has 0 saturated heterocycles. The Labute approximate surface area is 101 Å². The molecule has 7 heteroatoms. The molecular formula is C10H15O5PS. The zero-order chi connectivity index (χ0) is 13.1. The molecular weight excluding hydrogens is 263 g/mol. The summed E-state index contributed by atoms with van der Waals surface area (Å²) in [5.41, 5.74) is 0.925. The second-order valence-electron chi connectivity index (χ2n) is 3.45. The highest BCUT2D eigenvalue weighted by Gasteiger charge is 2.29. The maximum Gasteiger partial charge on any atom is 0.344 e. The predicted molar refractivity (Wildman–Crippen MR) is 64.6 cm³/mol. The standard InChI is InChI=1S/C10H15O5PS/c1-4-16(11,14-3)15-17(12,13)10-7-5-9(2)6-8-10/h5-8H,4H2,1-3H3. The second kappa shape index (κ2) is 5.31. The van der Waals surface area contributed by atoms with Gasteiger partial charge in [-0.1, -0.05) is 24.6 Å². The first-order chi connectivity index (χ1) is 7.83. The smallest absolute Gasteiger partial charge is 0.311 e. The molecule has 1 rings (SSSR count). The van der Waals surface area contributed by atoms with Crippen LogP contribution in [0, 0.1) is 6.92 Å². The van der Waals surface area contributed by atoms with Gasteiger partial charge in [0, 0.05) is 13.3 Å². The molecule has 1 aromatic carbocycles. The number of rotatable bonds is 5. The molecule has 0 aliphatic heterocycles. The fourth-order valence-electron chi connectivity index (χ4n) is 1.11. The summed E-state index contributed by atoms with van der Waals surface area (Å²) in [6.45, 7) is 3.37. The largest absolute Gasteiger partial charge is 0.344 e. The van der Waals surface area contributed by atoms with E-state index in [1.807, 2.05) is 6.92 Å². The van der Waals surface area contributed by atoms with Crippen LogP contribution in [0.25, 0.3) is 0 Å². The molecule has 0 bridgehead atoms. The lowest BCUT2D eigenvalue weighted by Crippen LogP contribution is -2.07. The van der Waals surface area contributed by atoms with Crippen LogP contribution in [0.2, 0.25) is 0 Å². The van der Waals surface area contributed by atoms with Gasteiger partial charge in [-0.25, -0.2) is 0 Å². The Bertz CT molecular complexity index is 512. The van der Waals surface area contributed by atoms with Gasteiger partial charge in [0.15, 0.2) is 0 Å². The number of aryl methyl sites for hydroxylation is 1. The minimum absolute atomic E-state index is 0.00537. The Morgan fingerprint density at radius 1 is 1.24 bits per heavy atom. The number of hydrogen-bond donors (Lipinski definition) is 0. The van der Waals surface area contributed by atoms with Crippen LogP contribution in [0.3, 0.4) is 0 Å². The zero-order valence-electron chi connectivity index (χ0n) is 9.91. The van der Waals surface area contributed by atoms with E-state index in [4.69, 9.17) is 0 Å². The lowest BCUT2D eigenvalue weighted by Gasteiger charge is -2.13. The van der Waals surface area contributed by atoms with Crippen LogP contribution in [-0.4, -0.2) is 21.7 Å². The molecule has 0 aliphatic carbocycles. The van der Waals surface area contributed by atoms with E-state index < -0.39 is 17.7 Å². The highest BCUT2D eigenvalue weighted by Crippen LogP contribution is 2.49.